The lowest BCUT2D eigenvalue weighted by molar-refractivity contribution is -0.148. The molecular formula is C22H18FN3O3. The maximum atomic E-state index is 13.8. The van der Waals surface area contributed by atoms with Crippen molar-refractivity contribution in [3.05, 3.63) is 77.6 Å². The number of aryl methyl sites for hydroxylation is 1. The van der Waals surface area contributed by atoms with Crippen molar-refractivity contribution >= 4 is 16.9 Å². The van der Waals surface area contributed by atoms with Crippen LogP contribution in [-0.4, -0.2) is 21.1 Å². The number of nitrogens with zero attached hydrogens (tertiary/aromatic N) is 3. The first kappa shape index (κ1) is 18.7. The monoisotopic (exact) mass is 391 g/mol. The van der Waals surface area contributed by atoms with Crippen molar-refractivity contribution in [1.82, 2.24) is 15.1 Å². The lowest BCUT2D eigenvalue weighted by atomic mass is 10.1. The first-order chi connectivity index (χ1) is 14.0. The van der Waals surface area contributed by atoms with Crippen LogP contribution in [0.4, 0.5) is 4.39 Å². The highest BCUT2D eigenvalue weighted by Crippen LogP contribution is 2.23. The molecular weight excluding hydrogens is 373 g/mol. The van der Waals surface area contributed by atoms with Gasteiger partial charge < -0.3 is 9.26 Å². The highest BCUT2D eigenvalue weighted by atomic mass is 19.1. The van der Waals surface area contributed by atoms with Gasteiger partial charge in [-0.15, -0.1) is 0 Å². The summed E-state index contributed by atoms with van der Waals surface area (Å²) in [7, 11) is 0. The summed E-state index contributed by atoms with van der Waals surface area (Å²) in [5, 5.41) is 4.81. The summed E-state index contributed by atoms with van der Waals surface area (Å²) in [4.78, 5) is 21.0. The van der Waals surface area contributed by atoms with E-state index < -0.39 is 12.1 Å². The van der Waals surface area contributed by atoms with Crippen LogP contribution in [0.25, 0.3) is 22.3 Å². The lowest BCUT2D eigenvalue weighted by Gasteiger charge is -2.10. The van der Waals surface area contributed by atoms with Crippen LogP contribution in [-0.2, 0) is 16.0 Å². The number of carbonyl (C=O) groups excluding carboxylic acids is 1. The molecule has 0 saturated carbocycles. The van der Waals surface area contributed by atoms with Gasteiger partial charge in [-0.1, -0.05) is 41.6 Å². The van der Waals surface area contributed by atoms with Crippen molar-refractivity contribution < 1.29 is 18.4 Å². The highest BCUT2D eigenvalue weighted by molar-refractivity contribution is 5.85. The number of fused-ring (bicyclic) bond motifs is 1. The van der Waals surface area contributed by atoms with Crippen LogP contribution in [0.1, 0.15) is 30.0 Å². The first-order valence-corrected chi connectivity index (χ1v) is 9.13. The van der Waals surface area contributed by atoms with Gasteiger partial charge in [-0.05, 0) is 37.1 Å². The normalized spacial score (nSPS) is 12.1. The Bertz CT molecular complexity index is 1180. The van der Waals surface area contributed by atoms with Crippen LogP contribution in [0, 0.1) is 12.7 Å². The summed E-state index contributed by atoms with van der Waals surface area (Å²) in [5.41, 5.74) is 2.56. The molecule has 0 saturated heterocycles. The van der Waals surface area contributed by atoms with Crippen LogP contribution in [0.3, 0.4) is 0 Å². The number of halogens is 1. The summed E-state index contributed by atoms with van der Waals surface area (Å²) in [6.07, 6.45) is 1.03. The van der Waals surface area contributed by atoms with E-state index in [1.807, 2.05) is 30.3 Å². The fourth-order valence-corrected chi connectivity index (χ4v) is 3.00. The molecule has 146 valence electrons. The van der Waals surface area contributed by atoms with E-state index in [-0.39, 0.29) is 24.0 Å². The molecule has 0 aliphatic heterocycles. The van der Waals surface area contributed by atoms with E-state index in [1.165, 1.54) is 6.07 Å². The van der Waals surface area contributed by atoms with Crippen molar-refractivity contribution in [3.63, 3.8) is 0 Å². The van der Waals surface area contributed by atoms with Crippen LogP contribution < -0.4 is 0 Å². The lowest BCUT2D eigenvalue weighted by Crippen LogP contribution is -2.12. The number of carbonyl (C=O) groups is 1. The number of para-hydroxylation sites is 1. The van der Waals surface area contributed by atoms with Gasteiger partial charge in [0.25, 0.3) is 5.89 Å². The molecule has 2 aromatic carbocycles. The minimum atomic E-state index is -0.734. The Morgan fingerprint density at radius 3 is 2.86 bits per heavy atom. The summed E-state index contributed by atoms with van der Waals surface area (Å²) >= 11 is 0. The molecule has 4 rings (SSSR count). The SMILES string of the molecule is Cc1ccc(-c2noc(C(C)OC(=O)Cc3cccc4cccnc34)n2)cc1F. The minimum absolute atomic E-state index is 0.0723. The number of esters is 1. The average Bonchev–Trinajstić information content (AvgIpc) is 3.21. The molecule has 7 heteroatoms. The summed E-state index contributed by atoms with van der Waals surface area (Å²) in [6.45, 7) is 3.32. The van der Waals surface area contributed by atoms with Crippen molar-refractivity contribution in [2.45, 2.75) is 26.4 Å². The standard InChI is InChI=1S/C22H18FN3O3/c1-13-8-9-17(11-18(13)23)21-25-22(29-26-21)14(2)28-19(27)12-16-6-3-5-15-7-4-10-24-20(15)16/h3-11,14H,12H2,1-2H3. The van der Waals surface area contributed by atoms with Crippen molar-refractivity contribution in [3.8, 4) is 11.4 Å². The quantitative estimate of drug-likeness (QED) is 0.464. The van der Waals surface area contributed by atoms with Crippen molar-refractivity contribution in [2.75, 3.05) is 0 Å². The number of aromatic nitrogens is 3. The molecule has 1 atom stereocenters. The molecule has 0 spiro atoms. The smallest absolute Gasteiger partial charge is 0.311 e. The van der Waals surface area contributed by atoms with Gasteiger partial charge >= 0.3 is 5.97 Å². The Morgan fingerprint density at radius 1 is 1.21 bits per heavy atom. The van der Waals surface area contributed by atoms with Gasteiger partial charge in [0.1, 0.15) is 5.82 Å². The second-order valence-electron chi connectivity index (χ2n) is 6.72. The molecule has 0 radical (unpaired) electrons. The van der Waals surface area contributed by atoms with Crippen LogP contribution in [0.2, 0.25) is 0 Å². The van der Waals surface area contributed by atoms with E-state index in [9.17, 15) is 9.18 Å². The zero-order valence-corrected chi connectivity index (χ0v) is 15.9. The molecule has 0 bridgehead atoms. The zero-order valence-electron chi connectivity index (χ0n) is 15.9. The van der Waals surface area contributed by atoms with Gasteiger partial charge in [0.15, 0.2) is 6.10 Å². The minimum Gasteiger partial charge on any atom is -0.452 e. The van der Waals surface area contributed by atoms with Crippen molar-refractivity contribution in [1.29, 1.82) is 0 Å². The number of pyridine rings is 1. The number of ether oxygens (including phenoxy) is 1. The molecule has 2 heterocycles. The Morgan fingerprint density at radius 2 is 2.03 bits per heavy atom. The first-order valence-electron chi connectivity index (χ1n) is 9.13. The van der Waals surface area contributed by atoms with E-state index in [0.717, 1.165) is 16.5 Å². The topological polar surface area (TPSA) is 78.1 Å². The maximum Gasteiger partial charge on any atom is 0.311 e. The second kappa shape index (κ2) is 7.79. The Balaban J connectivity index is 1.46. The molecule has 0 fully saturated rings. The largest absolute Gasteiger partial charge is 0.452 e. The fourth-order valence-electron chi connectivity index (χ4n) is 3.00. The van der Waals surface area contributed by atoms with Crippen LogP contribution in [0.15, 0.2) is 59.3 Å². The van der Waals surface area contributed by atoms with E-state index in [4.69, 9.17) is 9.26 Å². The Labute approximate surface area is 166 Å². The molecule has 6 nitrogen and oxygen atoms in total. The van der Waals surface area contributed by atoms with Crippen LogP contribution >= 0.6 is 0 Å². The van der Waals surface area contributed by atoms with Gasteiger partial charge in [-0.3, -0.25) is 9.78 Å². The zero-order chi connectivity index (χ0) is 20.4. The Kier molecular flexibility index (Phi) is 5.03. The molecule has 29 heavy (non-hydrogen) atoms. The maximum absolute atomic E-state index is 13.8. The molecule has 0 aliphatic carbocycles. The molecule has 4 aromatic rings. The van der Waals surface area contributed by atoms with Gasteiger partial charge in [0.05, 0.1) is 11.9 Å². The third-order valence-corrected chi connectivity index (χ3v) is 4.58. The molecule has 1 unspecified atom stereocenters. The summed E-state index contributed by atoms with van der Waals surface area (Å²) < 4.78 is 24.4. The van der Waals surface area contributed by atoms with E-state index in [0.29, 0.717) is 11.1 Å². The van der Waals surface area contributed by atoms with Crippen LogP contribution in [0.5, 0.6) is 0 Å². The summed E-state index contributed by atoms with van der Waals surface area (Å²) in [6, 6.07) is 14.1. The van der Waals surface area contributed by atoms with Gasteiger partial charge in [0, 0.05) is 17.1 Å². The third-order valence-electron chi connectivity index (χ3n) is 4.58. The predicted molar refractivity (Wildman–Crippen MR) is 104 cm³/mol. The molecule has 0 aliphatic rings. The highest BCUT2D eigenvalue weighted by Gasteiger charge is 2.20. The van der Waals surface area contributed by atoms with Gasteiger partial charge in [-0.2, -0.15) is 4.98 Å². The molecule has 0 N–H and O–H groups in total. The van der Waals surface area contributed by atoms with Gasteiger partial charge in [0.2, 0.25) is 5.82 Å². The molecule has 2 aromatic heterocycles. The second-order valence-corrected chi connectivity index (χ2v) is 6.72. The molecule has 0 amide bonds. The predicted octanol–water partition coefficient (Wildman–Crippen LogP) is 4.58. The number of rotatable bonds is 5. The van der Waals surface area contributed by atoms with E-state index in [1.54, 1.807) is 32.2 Å². The van der Waals surface area contributed by atoms with Crippen molar-refractivity contribution in [2.24, 2.45) is 0 Å². The fraction of sp³-hybridized carbons (Fsp3) is 0.182. The third kappa shape index (κ3) is 3.99. The van der Waals surface area contributed by atoms with Gasteiger partial charge in [-0.25, -0.2) is 4.39 Å². The van der Waals surface area contributed by atoms with E-state index >= 15 is 0 Å². The number of benzene rings is 2. The number of hydrogen-bond acceptors (Lipinski definition) is 6. The Hall–Kier alpha value is -3.61. The van der Waals surface area contributed by atoms with E-state index in [2.05, 4.69) is 15.1 Å². The number of hydrogen-bond donors (Lipinski definition) is 0. The summed E-state index contributed by atoms with van der Waals surface area (Å²) in [5.74, 6) is -0.403. The average molecular weight is 391 g/mol.